The van der Waals surface area contributed by atoms with Crippen molar-refractivity contribution < 1.29 is 14.3 Å². The highest BCUT2D eigenvalue weighted by Gasteiger charge is 2.34. The molecule has 1 aliphatic heterocycles. The summed E-state index contributed by atoms with van der Waals surface area (Å²) in [6, 6.07) is 3.85. The quantitative estimate of drug-likeness (QED) is 0.730. The number of hydrogen-bond acceptors (Lipinski definition) is 4. The van der Waals surface area contributed by atoms with Crippen molar-refractivity contribution in [1.82, 2.24) is 4.90 Å². The minimum absolute atomic E-state index is 0.118. The molecule has 28 heavy (non-hydrogen) atoms. The fourth-order valence-electron chi connectivity index (χ4n) is 4.91. The fourth-order valence-corrected chi connectivity index (χ4v) is 4.91. The van der Waals surface area contributed by atoms with Gasteiger partial charge in [-0.3, -0.25) is 9.69 Å². The summed E-state index contributed by atoms with van der Waals surface area (Å²) in [7, 11) is 3.26. The van der Waals surface area contributed by atoms with Crippen LogP contribution in [-0.2, 0) is 6.42 Å². The summed E-state index contributed by atoms with van der Waals surface area (Å²) in [5.41, 5.74) is 3.41. The first kappa shape index (κ1) is 19.3. The lowest BCUT2D eigenvalue weighted by molar-refractivity contribution is 0.0900. The third-order valence-electron chi connectivity index (χ3n) is 6.51. The van der Waals surface area contributed by atoms with Gasteiger partial charge in [0.05, 0.1) is 14.2 Å². The molecule has 0 spiro atoms. The minimum Gasteiger partial charge on any atom is -0.493 e. The number of allylic oxidation sites excluding steroid dienone is 2. The van der Waals surface area contributed by atoms with Crippen LogP contribution < -0.4 is 9.47 Å². The Kier molecular flexibility index (Phi) is 5.86. The van der Waals surface area contributed by atoms with Gasteiger partial charge in [-0.25, -0.2) is 0 Å². The first-order valence-electron chi connectivity index (χ1n) is 10.5. The van der Waals surface area contributed by atoms with Crippen LogP contribution in [0.25, 0.3) is 0 Å². The van der Waals surface area contributed by atoms with Crippen molar-refractivity contribution in [3.63, 3.8) is 0 Å². The van der Waals surface area contributed by atoms with Crippen molar-refractivity contribution in [2.45, 2.75) is 38.5 Å². The number of carbonyl (C=O) groups excluding carboxylic acids is 1. The molecule has 2 aliphatic carbocycles. The molecule has 0 N–H and O–H groups in total. The van der Waals surface area contributed by atoms with Gasteiger partial charge in [-0.1, -0.05) is 18.2 Å². The number of piperidine rings is 1. The van der Waals surface area contributed by atoms with Crippen molar-refractivity contribution in [1.29, 1.82) is 0 Å². The molecule has 0 amide bonds. The van der Waals surface area contributed by atoms with E-state index >= 15 is 0 Å². The maximum atomic E-state index is 12.9. The summed E-state index contributed by atoms with van der Waals surface area (Å²) >= 11 is 0. The maximum Gasteiger partial charge on any atom is 0.166 e. The van der Waals surface area contributed by atoms with E-state index in [1.165, 1.54) is 31.3 Å². The van der Waals surface area contributed by atoms with Crippen LogP contribution in [0.3, 0.4) is 0 Å². The Balaban J connectivity index is 1.32. The summed E-state index contributed by atoms with van der Waals surface area (Å²) in [4.78, 5) is 15.5. The smallest absolute Gasteiger partial charge is 0.166 e. The van der Waals surface area contributed by atoms with Crippen molar-refractivity contribution >= 4 is 5.78 Å². The monoisotopic (exact) mass is 381 g/mol. The number of ketones is 1. The van der Waals surface area contributed by atoms with Crippen molar-refractivity contribution in [3.8, 4) is 11.5 Å². The maximum absolute atomic E-state index is 12.9. The number of ether oxygens (including phenoxy) is 2. The van der Waals surface area contributed by atoms with E-state index in [0.717, 1.165) is 43.6 Å². The van der Waals surface area contributed by atoms with Gasteiger partial charge in [0, 0.05) is 18.0 Å². The van der Waals surface area contributed by atoms with E-state index in [9.17, 15) is 4.79 Å². The molecule has 4 nitrogen and oxygen atoms in total. The van der Waals surface area contributed by atoms with Gasteiger partial charge in [0.15, 0.2) is 17.3 Å². The third kappa shape index (κ3) is 4.02. The molecule has 4 rings (SSSR count). The molecule has 1 aromatic carbocycles. The topological polar surface area (TPSA) is 38.8 Å². The first-order valence-corrected chi connectivity index (χ1v) is 10.5. The zero-order chi connectivity index (χ0) is 19.5. The Morgan fingerprint density at radius 1 is 1.07 bits per heavy atom. The molecule has 0 saturated carbocycles. The summed E-state index contributed by atoms with van der Waals surface area (Å²) < 4.78 is 10.8. The molecule has 0 aromatic heterocycles. The summed E-state index contributed by atoms with van der Waals surface area (Å²) in [6.45, 7) is 3.37. The van der Waals surface area contributed by atoms with Gasteiger partial charge >= 0.3 is 0 Å². The summed E-state index contributed by atoms with van der Waals surface area (Å²) in [5, 5.41) is 0. The molecule has 150 valence electrons. The third-order valence-corrected chi connectivity index (χ3v) is 6.51. The average molecular weight is 382 g/mol. The highest BCUT2D eigenvalue weighted by Crippen LogP contribution is 2.39. The van der Waals surface area contributed by atoms with Crippen LogP contribution in [0.1, 0.15) is 48.0 Å². The number of likely N-dealkylation sites (tertiary alicyclic amines) is 1. The van der Waals surface area contributed by atoms with Crippen LogP contribution in [-0.4, -0.2) is 44.5 Å². The van der Waals surface area contributed by atoms with Gasteiger partial charge in [0.2, 0.25) is 0 Å². The lowest BCUT2D eigenvalue weighted by atomic mass is 9.85. The lowest BCUT2D eigenvalue weighted by Crippen LogP contribution is -2.35. The summed E-state index contributed by atoms with van der Waals surface area (Å²) in [6.07, 6.45) is 13.6. The molecule has 4 heteroatoms. The Hall–Kier alpha value is -2.07. The molecule has 1 saturated heterocycles. The van der Waals surface area contributed by atoms with E-state index in [2.05, 4.69) is 23.1 Å². The van der Waals surface area contributed by atoms with E-state index in [-0.39, 0.29) is 11.7 Å². The Morgan fingerprint density at radius 3 is 2.50 bits per heavy atom. The largest absolute Gasteiger partial charge is 0.493 e. The van der Waals surface area contributed by atoms with E-state index in [0.29, 0.717) is 17.4 Å². The zero-order valence-corrected chi connectivity index (χ0v) is 17.1. The van der Waals surface area contributed by atoms with Crippen molar-refractivity contribution in [3.05, 3.63) is 47.1 Å². The number of Topliss-reactive ketones (excluding diaryl/α,β-unsaturated/α-hetero) is 1. The molecular weight excluding hydrogens is 350 g/mol. The highest BCUT2D eigenvalue weighted by molar-refractivity contribution is 6.02. The van der Waals surface area contributed by atoms with Crippen LogP contribution in [0.4, 0.5) is 0 Å². The SMILES string of the molecule is COc1cc2c(cc1OC)C(=O)C(CC1CCN(CC3=CCCC=C3)CC1)C2. The van der Waals surface area contributed by atoms with E-state index < -0.39 is 0 Å². The molecule has 1 aromatic rings. The molecule has 1 unspecified atom stereocenters. The normalized spacial score (nSPS) is 22.9. The number of methoxy groups -OCH3 is 2. The molecule has 1 atom stereocenters. The standard InChI is InChI=1S/C24H31NO3/c1-27-22-14-19-13-20(24(26)21(19)15-23(22)28-2)12-17-8-10-25(11-9-17)16-18-6-4-3-5-7-18/h4,6-7,14-15,17,20H,3,5,8-13,16H2,1-2H3. The Labute approximate surface area is 168 Å². The van der Waals surface area contributed by atoms with E-state index in [1.807, 2.05) is 12.1 Å². The van der Waals surface area contributed by atoms with Crippen LogP contribution >= 0.6 is 0 Å². The van der Waals surface area contributed by atoms with Crippen LogP contribution in [0.15, 0.2) is 35.9 Å². The predicted octanol–water partition coefficient (Wildman–Crippen LogP) is 4.44. The molecule has 0 radical (unpaired) electrons. The number of benzene rings is 1. The predicted molar refractivity (Wildman–Crippen MR) is 111 cm³/mol. The minimum atomic E-state index is 0.118. The van der Waals surface area contributed by atoms with Crippen LogP contribution in [0.5, 0.6) is 11.5 Å². The lowest BCUT2D eigenvalue weighted by Gasteiger charge is -2.33. The molecule has 1 fully saturated rings. The van der Waals surface area contributed by atoms with Crippen LogP contribution in [0.2, 0.25) is 0 Å². The molecule has 1 heterocycles. The van der Waals surface area contributed by atoms with Gasteiger partial charge in [-0.2, -0.15) is 0 Å². The van der Waals surface area contributed by atoms with Crippen molar-refractivity contribution in [2.24, 2.45) is 11.8 Å². The Morgan fingerprint density at radius 2 is 1.82 bits per heavy atom. The molecular formula is C24H31NO3. The zero-order valence-electron chi connectivity index (χ0n) is 17.1. The number of hydrogen-bond donors (Lipinski definition) is 0. The highest BCUT2D eigenvalue weighted by atomic mass is 16.5. The van der Waals surface area contributed by atoms with Gasteiger partial charge in [-0.15, -0.1) is 0 Å². The molecule has 0 bridgehead atoms. The van der Waals surface area contributed by atoms with Gasteiger partial charge in [-0.05, 0) is 80.8 Å². The fraction of sp³-hybridized carbons (Fsp3) is 0.542. The number of fused-ring (bicyclic) bond motifs is 1. The number of carbonyl (C=O) groups is 1. The number of rotatable bonds is 6. The first-order chi connectivity index (χ1) is 13.7. The van der Waals surface area contributed by atoms with E-state index in [4.69, 9.17) is 9.47 Å². The van der Waals surface area contributed by atoms with Crippen LogP contribution in [0, 0.1) is 11.8 Å². The second kappa shape index (κ2) is 8.52. The Bertz CT molecular complexity index is 787. The van der Waals surface area contributed by atoms with Gasteiger partial charge in [0.1, 0.15) is 0 Å². The van der Waals surface area contributed by atoms with Gasteiger partial charge in [0.25, 0.3) is 0 Å². The number of nitrogens with zero attached hydrogens (tertiary/aromatic N) is 1. The van der Waals surface area contributed by atoms with E-state index in [1.54, 1.807) is 14.2 Å². The summed E-state index contributed by atoms with van der Waals surface area (Å²) in [5.74, 6) is 2.42. The van der Waals surface area contributed by atoms with Gasteiger partial charge < -0.3 is 9.47 Å². The second-order valence-corrected chi connectivity index (χ2v) is 8.34. The van der Waals surface area contributed by atoms with Crippen molar-refractivity contribution in [2.75, 3.05) is 33.9 Å². The average Bonchev–Trinajstić information content (AvgIpc) is 3.03. The molecule has 3 aliphatic rings. The second-order valence-electron chi connectivity index (χ2n) is 8.34.